The fraction of sp³-hybridized carbons (Fsp3) is 0.923. The van der Waals surface area contributed by atoms with Crippen molar-refractivity contribution in [2.24, 2.45) is 0 Å². The molecule has 3 heterocycles. The van der Waals surface area contributed by atoms with E-state index in [-0.39, 0.29) is 10.9 Å². The molecule has 3 rings (SSSR count). The molecule has 3 nitrogen and oxygen atoms in total. The number of fused-ring (bicyclic) bond motifs is 2. The third kappa shape index (κ3) is 1.89. The summed E-state index contributed by atoms with van der Waals surface area (Å²) in [6.45, 7) is 2.11. The summed E-state index contributed by atoms with van der Waals surface area (Å²) in [7, 11) is 0. The number of amides is 1. The molecule has 0 radical (unpaired) electrons. The summed E-state index contributed by atoms with van der Waals surface area (Å²) in [4.78, 5) is 14.8. The molecule has 0 aromatic carbocycles. The van der Waals surface area contributed by atoms with Gasteiger partial charge in [-0.2, -0.15) is 0 Å². The Balaban J connectivity index is 1.78. The highest BCUT2D eigenvalue weighted by Gasteiger charge is 2.49. The molecule has 4 heteroatoms. The lowest BCUT2D eigenvalue weighted by atomic mass is 9.96. The number of thioether (sulfide) groups is 1. The summed E-state index contributed by atoms with van der Waals surface area (Å²) in [6.07, 6.45) is 5.78. The molecule has 1 N–H and O–H groups in total. The van der Waals surface area contributed by atoms with Crippen LogP contribution in [0.2, 0.25) is 0 Å². The largest absolute Gasteiger partial charge is 0.393 e. The van der Waals surface area contributed by atoms with Crippen LogP contribution in [0.4, 0.5) is 0 Å². The van der Waals surface area contributed by atoms with Crippen molar-refractivity contribution in [1.29, 1.82) is 0 Å². The van der Waals surface area contributed by atoms with E-state index in [9.17, 15) is 9.90 Å². The molecule has 3 fully saturated rings. The lowest BCUT2D eigenvalue weighted by Gasteiger charge is -2.41. The minimum atomic E-state index is -0.180. The van der Waals surface area contributed by atoms with Crippen molar-refractivity contribution in [1.82, 2.24) is 4.90 Å². The van der Waals surface area contributed by atoms with Gasteiger partial charge in [-0.05, 0) is 51.2 Å². The smallest absolute Gasteiger partial charge is 0.239 e. The fourth-order valence-electron chi connectivity index (χ4n) is 3.70. The Morgan fingerprint density at radius 1 is 1.35 bits per heavy atom. The SMILES string of the molecule is CC1(C(=O)N2C3CCC2CC(O)C3)CCCS1. The molecule has 0 aliphatic carbocycles. The van der Waals surface area contributed by atoms with Crippen LogP contribution in [0.15, 0.2) is 0 Å². The number of carbonyl (C=O) groups is 1. The Kier molecular flexibility index (Phi) is 2.90. The van der Waals surface area contributed by atoms with E-state index >= 15 is 0 Å². The van der Waals surface area contributed by atoms with Gasteiger partial charge in [0.25, 0.3) is 0 Å². The Bertz CT molecular complexity index is 313. The molecule has 3 atom stereocenters. The van der Waals surface area contributed by atoms with Crippen molar-refractivity contribution in [3.63, 3.8) is 0 Å². The normalized spacial score (nSPS) is 45.3. The Labute approximate surface area is 107 Å². The van der Waals surface area contributed by atoms with Crippen molar-refractivity contribution in [2.75, 3.05) is 5.75 Å². The second kappa shape index (κ2) is 4.16. The van der Waals surface area contributed by atoms with Crippen molar-refractivity contribution in [2.45, 2.75) is 68.4 Å². The molecular weight excluding hydrogens is 234 g/mol. The second-order valence-electron chi connectivity index (χ2n) is 5.91. The summed E-state index contributed by atoms with van der Waals surface area (Å²) >= 11 is 1.83. The topological polar surface area (TPSA) is 40.5 Å². The van der Waals surface area contributed by atoms with E-state index in [0.29, 0.717) is 18.0 Å². The first kappa shape index (κ1) is 11.8. The zero-order valence-electron chi connectivity index (χ0n) is 10.4. The molecular formula is C13H21NO2S. The zero-order valence-corrected chi connectivity index (χ0v) is 11.2. The predicted octanol–water partition coefficient (Wildman–Crippen LogP) is 1.79. The van der Waals surface area contributed by atoms with Gasteiger partial charge in [0.15, 0.2) is 0 Å². The Hall–Kier alpha value is -0.220. The van der Waals surface area contributed by atoms with E-state index in [0.717, 1.165) is 37.9 Å². The summed E-state index contributed by atoms with van der Waals surface area (Å²) in [5.74, 6) is 1.47. The molecule has 0 saturated carbocycles. The number of carbonyl (C=O) groups excluding carboxylic acids is 1. The number of aliphatic hydroxyl groups is 1. The average molecular weight is 255 g/mol. The summed E-state index contributed by atoms with van der Waals surface area (Å²) < 4.78 is -0.177. The van der Waals surface area contributed by atoms with Crippen LogP contribution in [0, 0.1) is 0 Å². The molecule has 0 aromatic heterocycles. The number of aliphatic hydroxyl groups excluding tert-OH is 1. The standard InChI is InChI=1S/C13H21NO2S/c1-13(5-2-6-17-13)12(16)14-9-3-4-10(14)8-11(15)7-9/h9-11,15H,2-8H2,1H3. The molecule has 3 saturated heterocycles. The van der Waals surface area contributed by atoms with Crippen LogP contribution in [0.1, 0.15) is 45.4 Å². The fourth-order valence-corrected chi connectivity index (χ4v) is 4.96. The van der Waals surface area contributed by atoms with E-state index in [1.165, 1.54) is 6.42 Å². The number of nitrogens with zero attached hydrogens (tertiary/aromatic N) is 1. The van der Waals surface area contributed by atoms with E-state index in [1.54, 1.807) is 0 Å². The van der Waals surface area contributed by atoms with Crippen LogP contribution in [0.3, 0.4) is 0 Å². The minimum Gasteiger partial charge on any atom is -0.393 e. The van der Waals surface area contributed by atoms with Crippen LogP contribution in [-0.4, -0.2) is 44.6 Å². The highest BCUT2D eigenvalue weighted by Crippen LogP contribution is 2.44. The van der Waals surface area contributed by atoms with Crippen LogP contribution in [0.5, 0.6) is 0 Å². The Morgan fingerprint density at radius 2 is 2.00 bits per heavy atom. The molecule has 17 heavy (non-hydrogen) atoms. The number of hydrogen-bond acceptors (Lipinski definition) is 3. The lowest BCUT2D eigenvalue weighted by molar-refractivity contribution is -0.139. The molecule has 3 unspecified atom stereocenters. The van der Waals surface area contributed by atoms with Gasteiger partial charge in [0.1, 0.15) is 0 Å². The number of rotatable bonds is 1. The average Bonchev–Trinajstić information content (AvgIpc) is 2.82. The maximum absolute atomic E-state index is 12.7. The van der Waals surface area contributed by atoms with Crippen LogP contribution < -0.4 is 0 Å². The van der Waals surface area contributed by atoms with Crippen molar-refractivity contribution < 1.29 is 9.90 Å². The second-order valence-corrected chi connectivity index (χ2v) is 7.50. The zero-order chi connectivity index (χ0) is 12.0. The van der Waals surface area contributed by atoms with Gasteiger partial charge >= 0.3 is 0 Å². The first-order valence-electron chi connectivity index (χ1n) is 6.75. The number of piperidine rings is 1. The van der Waals surface area contributed by atoms with E-state index < -0.39 is 0 Å². The molecule has 96 valence electrons. The van der Waals surface area contributed by atoms with Crippen molar-refractivity contribution >= 4 is 17.7 Å². The first-order valence-corrected chi connectivity index (χ1v) is 7.73. The van der Waals surface area contributed by atoms with Gasteiger partial charge in [-0.3, -0.25) is 4.79 Å². The van der Waals surface area contributed by atoms with Crippen LogP contribution >= 0.6 is 11.8 Å². The van der Waals surface area contributed by atoms with Crippen LogP contribution in [-0.2, 0) is 4.79 Å². The monoisotopic (exact) mass is 255 g/mol. The molecule has 0 spiro atoms. The van der Waals surface area contributed by atoms with Crippen LogP contribution in [0.25, 0.3) is 0 Å². The van der Waals surface area contributed by atoms with Gasteiger partial charge in [-0.15, -0.1) is 11.8 Å². The van der Waals surface area contributed by atoms with Gasteiger partial charge in [0.2, 0.25) is 5.91 Å². The van der Waals surface area contributed by atoms with E-state index in [2.05, 4.69) is 11.8 Å². The number of hydrogen-bond donors (Lipinski definition) is 1. The molecule has 2 bridgehead atoms. The molecule has 3 aliphatic heterocycles. The van der Waals surface area contributed by atoms with Gasteiger partial charge in [-0.25, -0.2) is 0 Å². The quantitative estimate of drug-likeness (QED) is 0.776. The van der Waals surface area contributed by atoms with Crippen molar-refractivity contribution in [3.05, 3.63) is 0 Å². The van der Waals surface area contributed by atoms with E-state index in [4.69, 9.17) is 0 Å². The maximum Gasteiger partial charge on any atom is 0.239 e. The third-order valence-electron chi connectivity index (χ3n) is 4.61. The maximum atomic E-state index is 12.7. The van der Waals surface area contributed by atoms with Gasteiger partial charge < -0.3 is 10.0 Å². The summed E-state index contributed by atoms with van der Waals surface area (Å²) in [5, 5.41) is 9.78. The summed E-state index contributed by atoms with van der Waals surface area (Å²) in [5.41, 5.74) is 0. The Morgan fingerprint density at radius 3 is 2.53 bits per heavy atom. The van der Waals surface area contributed by atoms with Gasteiger partial charge in [0, 0.05) is 12.1 Å². The molecule has 3 aliphatic rings. The summed E-state index contributed by atoms with van der Waals surface area (Å²) in [6, 6.07) is 0.628. The van der Waals surface area contributed by atoms with E-state index in [1.807, 2.05) is 11.8 Å². The first-order chi connectivity index (χ1) is 8.10. The lowest BCUT2D eigenvalue weighted by Crippen LogP contribution is -2.53. The van der Waals surface area contributed by atoms with Gasteiger partial charge in [-0.1, -0.05) is 0 Å². The molecule has 1 amide bonds. The predicted molar refractivity (Wildman–Crippen MR) is 69.0 cm³/mol. The van der Waals surface area contributed by atoms with Gasteiger partial charge in [0.05, 0.1) is 10.9 Å². The highest BCUT2D eigenvalue weighted by molar-refractivity contribution is 8.01. The highest BCUT2D eigenvalue weighted by atomic mass is 32.2. The van der Waals surface area contributed by atoms with Crippen molar-refractivity contribution in [3.8, 4) is 0 Å². The third-order valence-corrected chi connectivity index (χ3v) is 6.12. The molecule has 0 aromatic rings. The minimum absolute atomic E-state index is 0.177.